The van der Waals surface area contributed by atoms with E-state index >= 15 is 4.39 Å². The van der Waals surface area contributed by atoms with Crippen LogP contribution in [0.2, 0.25) is 0 Å². The maximum absolute atomic E-state index is 15.0. The van der Waals surface area contributed by atoms with Crippen molar-refractivity contribution in [1.82, 2.24) is 15.0 Å². The summed E-state index contributed by atoms with van der Waals surface area (Å²) in [5.41, 5.74) is 1.56. The van der Waals surface area contributed by atoms with Gasteiger partial charge >= 0.3 is 0 Å². The predicted octanol–water partition coefficient (Wildman–Crippen LogP) is 2.47. The Morgan fingerprint density at radius 3 is 2.73 bits per heavy atom. The van der Waals surface area contributed by atoms with E-state index in [0.717, 1.165) is 49.4 Å². The number of carbonyl (C=O) groups is 1. The molecule has 1 fully saturated rings. The number of halogens is 2. The molecule has 1 unspecified atom stereocenters. The third-order valence-electron chi connectivity index (χ3n) is 5.61. The number of nitrogens with zero attached hydrogens (tertiary/aromatic N) is 2. The van der Waals surface area contributed by atoms with Crippen molar-refractivity contribution in [3.05, 3.63) is 70.9 Å². The van der Waals surface area contributed by atoms with Gasteiger partial charge in [0, 0.05) is 54.9 Å². The Balaban J connectivity index is 1.60. The molecular formula is C23H23F2N4O3S-. The van der Waals surface area contributed by atoms with Gasteiger partial charge in [0.1, 0.15) is 11.6 Å². The molecule has 2 N–H and O–H groups in total. The SMILES string of the molecule is O=C(c1ccc2ncc(N3CCNCC3)cc2c1)c1cc(F)cc(CCCNS(=O)[O-])c1F. The van der Waals surface area contributed by atoms with Crippen LogP contribution in [0.3, 0.4) is 0 Å². The molecule has 1 saturated heterocycles. The van der Waals surface area contributed by atoms with Crippen LogP contribution < -0.4 is 14.9 Å². The second kappa shape index (κ2) is 10.4. The van der Waals surface area contributed by atoms with Crippen LogP contribution in [0, 0.1) is 11.6 Å². The molecule has 10 heteroatoms. The summed E-state index contributed by atoms with van der Waals surface area (Å²) in [6, 6.07) is 8.77. The summed E-state index contributed by atoms with van der Waals surface area (Å²) in [5.74, 6) is -2.14. The second-order valence-corrected chi connectivity index (χ2v) is 8.58. The number of benzene rings is 2. The van der Waals surface area contributed by atoms with Crippen LogP contribution in [0.1, 0.15) is 27.9 Å². The third-order valence-corrected chi connectivity index (χ3v) is 6.05. The number of nitrogens with one attached hydrogen (secondary N) is 2. The minimum Gasteiger partial charge on any atom is -0.760 e. The van der Waals surface area contributed by atoms with E-state index < -0.39 is 28.7 Å². The highest BCUT2D eigenvalue weighted by Gasteiger charge is 2.20. The van der Waals surface area contributed by atoms with Crippen molar-refractivity contribution in [1.29, 1.82) is 0 Å². The number of rotatable bonds is 8. The molecule has 0 aliphatic carbocycles. The molecule has 7 nitrogen and oxygen atoms in total. The van der Waals surface area contributed by atoms with Crippen LogP contribution in [-0.2, 0) is 17.7 Å². The fraction of sp³-hybridized carbons (Fsp3) is 0.304. The summed E-state index contributed by atoms with van der Waals surface area (Å²) < 4.78 is 52.5. The molecule has 3 aromatic rings. The summed E-state index contributed by atoms with van der Waals surface area (Å²) in [5, 5.41) is 4.04. The Bertz CT molecular complexity index is 1200. The van der Waals surface area contributed by atoms with Crippen LogP contribution in [0.4, 0.5) is 14.5 Å². The minimum absolute atomic E-state index is 0.0280. The fourth-order valence-electron chi connectivity index (χ4n) is 3.94. The van der Waals surface area contributed by atoms with Gasteiger partial charge in [-0.05, 0) is 54.8 Å². The number of aromatic nitrogens is 1. The smallest absolute Gasteiger partial charge is 0.196 e. The molecule has 0 radical (unpaired) electrons. The lowest BCUT2D eigenvalue weighted by atomic mass is 9.97. The molecule has 0 bridgehead atoms. The Hall–Kier alpha value is -2.79. The van der Waals surface area contributed by atoms with E-state index in [1.165, 1.54) is 0 Å². The third kappa shape index (κ3) is 5.59. The Kier molecular flexibility index (Phi) is 7.39. The summed E-state index contributed by atoms with van der Waals surface area (Å²) in [6.45, 7) is 3.54. The molecule has 2 aromatic carbocycles. The van der Waals surface area contributed by atoms with Crippen molar-refractivity contribution in [2.24, 2.45) is 0 Å². The van der Waals surface area contributed by atoms with Gasteiger partial charge in [0.05, 0.1) is 23.0 Å². The standard InChI is InChI=1S/C23H24F2N4O3S/c24-18-11-15(2-1-5-28-33(31)32)22(25)20(13-18)23(30)16-3-4-21-17(10-16)12-19(14-27-21)29-8-6-26-7-9-29/h3-4,10-14,26,28H,1-2,5-9H2,(H,31,32)/p-1. The summed E-state index contributed by atoms with van der Waals surface area (Å²) >= 11 is -2.42. The number of fused-ring (bicyclic) bond motifs is 1. The van der Waals surface area contributed by atoms with Gasteiger partial charge < -0.3 is 14.8 Å². The minimum atomic E-state index is -2.42. The first-order valence-corrected chi connectivity index (χ1v) is 11.7. The maximum Gasteiger partial charge on any atom is 0.196 e. The average molecular weight is 474 g/mol. The summed E-state index contributed by atoms with van der Waals surface area (Å²) in [7, 11) is 0. The lowest BCUT2D eigenvalue weighted by Gasteiger charge is -2.29. The highest BCUT2D eigenvalue weighted by atomic mass is 32.2. The number of anilines is 1. The molecule has 0 saturated carbocycles. The van der Waals surface area contributed by atoms with Crippen LogP contribution in [0.5, 0.6) is 0 Å². The van der Waals surface area contributed by atoms with E-state index in [2.05, 4.69) is 19.9 Å². The molecule has 4 rings (SSSR count). The van der Waals surface area contributed by atoms with Crippen molar-refractivity contribution in [2.45, 2.75) is 12.8 Å². The maximum atomic E-state index is 15.0. The van der Waals surface area contributed by atoms with E-state index in [9.17, 15) is 17.9 Å². The highest BCUT2D eigenvalue weighted by Crippen LogP contribution is 2.25. The molecule has 174 valence electrons. The normalized spacial score (nSPS) is 15.1. The average Bonchev–Trinajstić information content (AvgIpc) is 2.83. The molecule has 1 aromatic heterocycles. The van der Waals surface area contributed by atoms with Crippen LogP contribution in [0.15, 0.2) is 42.6 Å². The molecule has 0 spiro atoms. The van der Waals surface area contributed by atoms with Crippen LogP contribution >= 0.6 is 0 Å². The van der Waals surface area contributed by atoms with E-state index in [0.29, 0.717) is 5.52 Å². The van der Waals surface area contributed by atoms with Gasteiger partial charge in [0.2, 0.25) is 0 Å². The van der Waals surface area contributed by atoms with Gasteiger partial charge in [0.25, 0.3) is 0 Å². The zero-order valence-electron chi connectivity index (χ0n) is 17.8. The van der Waals surface area contributed by atoms with E-state index in [1.54, 1.807) is 24.4 Å². The first kappa shape index (κ1) is 23.4. The van der Waals surface area contributed by atoms with Crippen LogP contribution in [0.25, 0.3) is 10.9 Å². The number of piperazine rings is 1. The highest BCUT2D eigenvalue weighted by molar-refractivity contribution is 7.77. The van der Waals surface area contributed by atoms with E-state index in [4.69, 9.17) is 0 Å². The van der Waals surface area contributed by atoms with Crippen molar-refractivity contribution in [3.8, 4) is 0 Å². The molecule has 1 aliphatic heterocycles. The van der Waals surface area contributed by atoms with Gasteiger partial charge in [0.15, 0.2) is 5.78 Å². The molecular weight excluding hydrogens is 450 g/mol. The molecule has 1 aliphatic rings. The van der Waals surface area contributed by atoms with E-state index in [1.807, 2.05) is 6.07 Å². The molecule has 0 amide bonds. The zero-order valence-corrected chi connectivity index (χ0v) is 18.6. The number of carbonyl (C=O) groups excluding carboxylic acids is 1. The monoisotopic (exact) mass is 473 g/mol. The lowest BCUT2D eigenvalue weighted by Crippen LogP contribution is -2.43. The second-order valence-electron chi connectivity index (χ2n) is 7.83. The van der Waals surface area contributed by atoms with Gasteiger partial charge in [-0.2, -0.15) is 0 Å². The number of pyridine rings is 1. The lowest BCUT2D eigenvalue weighted by molar-refractivity contribution is 0.103. The first-order chi connectivity index (χ1) is 15.9. The number of hydrogen-bond acceptors (Lipinski definition) is 6. The molecule has 1 atom stereocenters. The Labute approximate surface area is 192 Å². The van der Waals surface area contributed by atoms with Crippen molar-refractivity contribution in [3.63, 3.8) is 0 Å². The first-order valence-electron chi connectivity index (χ1n) is 10.6. The van der Waals surface area contributed by atoms with Gasteiger partial charge in [-0.1, -0.05) is 0 Å². The topological polar surface area (TPSA) is 97.4 Å². The largest absolute Gasteiger partial charge is 0.760 e. The quantitative estimate of drug-likeness (QED) is 0.296. The van der Waals surface area contributed by atoms with E-state index in [-0.39, 0.29) is 36.1 Å². The van der Waals surface area contributed by atoms with Crippen molar-refractivity contribution >= 4 is 33.6 Å². The van der Waals surface area contributed by atoms with Gasteiger partial charge in [-0.3, -0.25) is 14.0 Å². The fourth-order valence-corrected chi connectivity index (χ4v) is 4.25. The predicted molar refractivity (Wildman–Crippen MR) is 122 cm³/mol. The number of ketones is 1. The molecule has 33 heavy (non-hydrogen) atoms. The summed E-state index contributed by atoms with van der Waals surface area (Å²) in [4.78, 5) is 19.8. The van der Waals surface area contributed by atoms with Gasteiger partial charge in [-0.25, -0.2) is 13.5 Å². The summed E-state index contributed by atoms with van der Waals surface area (Å²) in [6.07, 6.45) is 2.15. The van der Waals surface area contributed by atoms with Crippen molar-refractivity contribution < 1.29 is 22.3 Å². The Morgan fingerprint density at radius 2 is 1.97 bits per heavy atom. The van der Waals surface area contributed by atoms with Gasteiger partial charge in [-0.15, -0.1) is 0 Å². The van der Waals surface area contributed by atoms with Crippen LogP contribution in [-0.4, -0.2) is 52.3 Å². The number of aryl methyl sites for hydroxylation is 1. The van der Waals surface area contributed by atoms with Crippen molar-refractivity contribution in [2.75, 3.05) is 37.6 Å². The molecule has 2 heterocycles. The number of hydrogen-bond donors (Lipinski definition) is 2. The zero-order chi connectivity index (χ0) is 23.4. The Morgan fingerprint density at radius 1 is 1.18 bits per heavy atom.